The Hall–Kier alpha value is -3.38. The summed E-state index contributed by atoms with van der Waals surface area (Å²) in [6, 6.07) is 0. The van der Waals surface area contributed by atoms with Crippen LogP contribution in [0.2, 0.25) is 0 Å². The molecule has 0 bridgehead atoms. The minimum atomic E-state index is -6.66. The van der Waals surface area contributed by atoms with Gasteiger partial charge in [-0.3, -0.25) is 0 Å². The van der Waals surface area contributed by atoms with Crippen molar-refractivity contribution in [3.8, 4) is 0 Å². The number of carboxylic acid groups (broad SMARTS) is 6. The summed E-state index contributed by atoms with van der Waals surface area (Å²) in [6.07, 6.45) is 0. The Morgan fingerprint density at radius 1 is 0.255 bits per heavy atom. The molecule has 0 aliphatic carbocycles. The van der Waals surface area contributed by atoms with E-state index in [0.717, 1.165) is 0 Å². The summed E-state index contributed by atoms with van der Waals surface area (Å²) >= 11 is 0. The third-order valence-corrected chi connectivity index (χ3v) is 3.90. The van der Waals surface area contributed by atoms with Gasteiger partial charge in [-0.1, -0.05) is 0 Å². The molecule has 0 aromatic carbocycles. The van der Waals surface area contributed by atoms with Crippen molar-refractivity contribution in [3.05, 3.63) is 0 Å². The molecule has 0 saturated heterocycles. The first kappa shape index (κ1) is 53.1. The summed E-state index contributed by atoms with van der Waals surface area (Å²) in [5, 5.41) is 56.7. The van der Waals surface area contributed by atoms with E-state index in [2.05, 4.69) is 0 Å². The van der Waals surface area contributed by atoms with Crippen molar-refractivity contribution in [2.24, 2.45) is 0 Å². The Balaban J connectivity index is -0.000000184. The number of carboxylic acids is 6. The number of rotatable bonds is 12. The smallest absolute Gasteiger partial charge is 0.544 e. The van der Waals surface area contributed by atoms with Gasteiger partial charge in [0.15, 0.2) is 0 Å². The molecule has 0 spiro atoms. The Bertz CT molecular complexity index is 964. The molecular formula is C15Al2F18O12. The third kappa shape index (κ3) is 9.37. The van der Waals surface area contributed by atoms with Crippen molar-refractivity contribution >= 4 is 70.5 Å². The zero-order chi connectivity index (χ0) is 38.0. The monoisotopic (exact) mass is 768 g/mol. The van der Waals surface area contributed by atoms with E-state index >= 15 is 0 Å². The molecule has 0 aromatic rings. The number of aliphatic carboxylic acids is 6. The summed E-state index contributed by atoms with van der Waals surface area (Å²) in [6.45, 7) is 0. The Morgan fingerprint density at radius 2 is 0.319 bits per heavy atom. The van der Waals surface area contributed by atoms with Gasteiger partial charge in [0.2, 0.25) is 0 Å². The summed E-state index contributed by atoms with van der Waals surface area (Å²) in [5.41, 5.74) is 0. The zero-order valence-corrected chi connectivity index (χ0v) is 22.7. The van der Waals surface area contributed by atoms with Crippen molar-refractivity contribution in [3.63, 3.8) is 0 Å². The number of halogens is 18. The maximum absolute atomic E-state index is 12.1. The van der Waals surface area contributed by atoms with Crippen LogP contribution in [0.3, 0.4) is 0 Å². The molecule has 0 atom stereocenters. The first-order valence-electron chi connectivity index (χ1n) is 8.85. The molecule has 32 heteroatoms. The van der Waals surface area contributed by atoms with Crippen LogP contribution < -0.4 is 30.6 Å². The number of carbonyl (C=O) groups is 6. The predicted molar refractivity (Wildman–Crippen MR) is 86.1 cm³/mol. The zero-order valence-electron chi connectivity index (χ0n) is 20.4. The standard InChI is InChI=1S/3C5H2F6O4.2Al/c3*6-3(7,1(12)13)5(10,11)4(8,9)2(14)15;;/h3*(H,12,13)(H,14,15);;/q;;;2*+3/p-6. The molecule has 0 saturated carbocycles. The van der Waals surface area contributed by atoms with Crippen LogP contribution in [0.1, 0.15) is 0 Å². The summed E-state index contributed by atoms with van der Waals surface area (Å²) in [7, 11) is 0. The van der Waals surface area contributed by atoms with Crippen LogP contribution in [-0.4, -0.2) is 124 Å². The van der Waals surface area contributed by atoms with Gasteiger partial charge in [-0.25, -0.2) is 0 Å². The van der Waals surface area contributed by atoms with Gasteiger partial charge in [0.05, 0.1) is 0 Å². The fourth-order valence-corrected chi connectivity index (χ4v) is 1.36. The maximum Gasteiger partial charge on any atom is 3.00 e. The van der Waals surface area contributed by atoms with E-state index in [0.29, 0.717) is 0 Å². The van der Waals surface area contributed by atoms with Gasteiger partial charge >= 0.3 is 88.0 Å². The van der Waals surface area contributed by atoms with Crippen LogP contribution in [0.15, 0.2) is 0 Å². The molecule has 0 aromatic heterocycles. The van der Waals surface area contributed by atoms with Crippen LogP contribution in [0, 0.1) is 0 Å². The minimum absolute atomic E-state index is 0. The van der Waals surface area contributed by atoms with Gasteiger partial charge < -0.3 is 59.4 Å². The summed E-state index contributed by atoms with van der Waals surface area (Å²) in [5.74, 6) is -80.9. The molecule has 0 fully saturated rings. The topological polar surface area (TPSA) is 241 Å². The second-order valence-corrected chi connectivity index (χ2v) is 6.89. The first-order chi connectivity index (χ1) is 19.2. The molecule has 0 unspecified atom stereocenters. The molecular weight excluding hydrogens is 768 g/mol. The van der Waals surface area contributed by atoms with Crippen LogP contribution in [0.4, 0.5) is 79.0 Å². The van der Waals surface area contributed by atoms with Gasteiger partial charge in [0.25, 0.3) is 0 Å². The van der Waals surface area contributed by atoms with Crippen molar-refractivity contribution in [2.75, 3.05) is 0 Å². The fourth-order valence-electron chi connectivity index (χ4n) is 1.36. The van der Waals surface area contributed by atoms with Gasteiger partial charge in [0.1, 0.15) is 35.8 Å². The molecule has 0 heterocycles. The van der Waals surface area contributed by atoms with Crippen molar-refractivity contribution in [2.45, 2.75) is 53.3 Å². The number of hydrogen-bond acceptors (Lipinski definition) is 12. The van der Waals surface area contributed by atoms with Crippen LogP contribution in [0.5, 0.6) is 0 Å². The predicted octanol–water partition coefficient (Wildman–Crippen LogP) is -5.59. The normalized spacial score (nSPS) is 13.1. The third-order valence-electron chi connectivity index (χ3n) is 3.90. The van der Waals surface area contributed by atoms with Gasteiger partial charge in [-0.05, 0) is 0 Å². The molecule has 264 valence electrons. The second-order valence-electron chi connectivity index (χ2n) is 6.89. The van der Waals surface area contributed by atoms with E-state index in [-0.39, 0.29) is 34.7 Å². The van der Waals surface area contributed by atoms with Gasteiger partial charge in [-0.2, -0.15) is 79.0 Å². The van der Waals surface area contributed by atoms with E-state index < -0.39 is 89.1 Å². The molecule has 0 aliphatic rings. The number of hydrogen-bond donors (Lipinski definition) is 0. The Kier molecular flexibility index (Phi) is 17.7. The van der Waals surface area contributed by atoms with Crippen molar-refractivity contribution < 1.29 is 138 Å². The molecule has 0 amide bonds. The van der Waals surface area contributed by atoms with Crippen LogP contribution in [0.25, 0.3) is 0 Å². The average Bonchev–Trinajstić information content (AvgIpc) is 2.83. The van der Waals surface area contributed by atoms with E-state index in [1.165, 1.54) is 0 Å². The van der Waals surface area contributed by atoms with E-state index in [1.54, 1.807) is 0 Å². The average molecular weight is 768 g/mol. The number of carbonyl (C=O) groups excluding carboxylic acids is 6. The Morgan fingerprint density at radius 3 is 0.362 bits per heavy atom. The SMILES string of the molecule is O=C([O-])C(F)(F)C(F)(F)C(F)(F)C(=O)[O-].O=C([O-])C(F)(F)C(F)(F)C(F)(F)C(=O)[O-].O=C([O-])C(F)(F)C(F)(F)C(F)(F)C(=O)[O-].[Al+3].[Al+3]. The van der Waals surface area contributed by atoms with Gasteiger partial charge in [0, 0.05) is 0 Å². The first-order valence-corrected chi connectivity index (χ1v) is 8.85. The fraction of sp³-hybridized carbons (Fsp3) is 0.600. The molecule has 0 aliphatic heterocycles. The quantitative estimate of drug-likeness (QED) is 0.133. The molecule has 0 N–H and O–H groups in total. The molecule has 47 heavy (non-hydrogen) atoms. The van der Waals surface area contributed by atoms with Crippen LogP contribution >= 0.6 is 0 Å². The van der Waals surface area contributed by atoms with Crippen molar-refractivity contribution in [1.82, 2.24) is 0 Å². The van der Waals surface area contributed by atoms with Crippen LogP contribution in [-0.2, 0) is 28.8 Å². The molecule has 12 nitrogen and oxygen atoms in total. The summed E-state index contributed by atoms with van der Waals surface area (Å²) < 4.78 is 217. The van der Waals surface area contributed by atoms with Gasteiger partial charge in [-0.15, -0.1) is 0 Å². The largest absolute Gasteiger partial charge is 3.00 e. The minimum Gasteiger partial charge on any atom is -0.544 e. The van der Waals surface area contributed by atoms with E-state index in [9.17, 15) is 138 Å². The number of alkyl halides is 18. The molecule has 0 rings (SSSR count). The van der Waals surface area contributed by atoms with E-state index in [1.807, 2.05) is 0 Å². The maximum atomic E-state index is 12.1. The molecule has 0 radical (unpaired) electrons. The second kappa shape index (κ2) is 15.7. The van der Waals surface area contributed by atoms with Crippen molar-refractivity contribution in [1.29, 1.82) is 0 Å². The Labute approximate surface area is 262 Å². The summed E-state index contributed by atoms with van der Waals surface area (Å²) in [4.78, 5) is 56.7. The van der Waals surface area contributed by atoms with E-state index in [4.69, 9.17) is 0 Å².